The molecular formula is C12H16ClNO4S. The van der Waals surface area contributed by atoms with Gasteiger partial charge in [-0.15, -0.1) is 0 Å². The van der Waals surface area contributed by atoms with Crippen molar-refractivity contribution in [2.24, 2.45) is 0 Å². The quantitative estimate of drug-likeness (QED) is 0.865. The van der Waals surface area contributed by atoms with Crippen LogP contribution < -0.4 is 4.74 Å². The molecule has 1 saturated carbocycles. The highest BCUT2D eigenvalue weighted by atomic mass is 35.5. The van der Waals surface area contributed by atoms with E-state index in [0.717, 1.165) is 12.8 Å². The van der Waals surface area contributed by atoms with Gasteiger partial charge in [0.15, 0.2) is 0 Å². The second-order valence-electron chi connectivity index (χ2n) is 4.37. The molecule has 0 amide bonds. The Morgan fingerprint density at radius 3 is 2.68 bits per heavy atom. The molecule has 1 aromatic rings. The van der Waals surface area contributed by atoms with Gasteiger partial charge >= 0.3 is 0 Å². The summed E-state index contributed by atoms with van der Waals surface area (Å²) in [5.74, 6) is 0.219. The lowest BCUT2D eigenvalue weighted by Gasteiger charge is -2.22. The smallest absolute Gasteiger partial charge is 0.247 e. The van der Waals surface area contributed by atoms with E-state index >= 15 is 0 Å². The van der Waals surface area contributed by atoms with E-state index in [4.69, 9.17) is 21.4 Å². The first-order chi connectivity index (χ1) is 9.00. The van der Waals surface area contributed by atoms with Crippen molar-refractivity contribution in [2.45, 2.75) is 23.8 Å². The van der Waals surface area contributed by atoms with Crippen LogP contribution in [0, 0.1) is 0 Å². The fourth-order valence-corrected chi connectivity index (χ4v) is 3.92. The monoisotopic (exact) mass is 305 g/mol. The fraction of sp³-hybridized carbons (Fsp3) is 0.500. The number of nitrogens with zero attached hydrogens (tertiary/aromatic N) is 1. The Labute approximate surface area is 117 Å². The van der Waals surface area contributed by atoms with Crippen LogP contribution in [0.4, 0.5) is 0 Å². The van der Waals surface area contributed by atoms with Crippen molar-refractivity contribution in [1.82, 2.24) is 4.31 Å². The van der Waals surface area contributed by atoms with Crippen molar-refractivity contribution in [1.29, 1.82) is 0 Å². The van der Waals surface area contributed by atoms with Crippen LogP contribution >= 0.6 is 11.6 Å². The van der Waals surface area contributed by atoms with Crippen molar-refractivity contribution in [2.75, 3.05) is 20.3 Å². The zero-order chi connectivity index (χ0) is 14.0. The van der Waals surface area contributed by atoms with Crippen LogP contribution in [0.1, 0.15) is 12.8 Å². The van der Waals surface area contributed by atoms with Crippen molar-refractivity contribution in [3.05, 3.63) is 23.2 Å². The van der Waals surface area contributed by atoms with Gasteiger partial charge in [-0.2, -0.15) is 4.31 Å². The highest BCUT2D eigenvalue weighted by Crippen LogP contribution is 2.35. The summed E-state index contributed by atoms with van der Waals surface area (Å²) in [5, 5.41) is 9.45. The van der Waals surface area contributed by atoms with E-state index in [0.29, 0.717) is 5.02 Å². The zero-order valence-corrected chi connectivity index (χ0v) is 12.1. The number of hydrogen-bond acceptors (Lipinski definition) is 4. The number of hydrogen-bond donors (Lipinski definition) is 1. The van der Waals surface area contributed by atoms with Crippen molar-refractivity contribution in [3.8, 4) is 5.75 Å². The van der Waals surface area contributed by atoms with Gasteiger partial charge in [-0.3, -0.25) is 0 Å². The Hall–Kier alpha value is -0.820. The van der Waals surface area contributed by atoms with E-state index in [1.165, 1.54) is 29.6 Å². The van der Waals surface area contributed by atoms with E-state index in [1.807, 2.05) is 0 Å². The molecule has 1 aromatic carbocycles. The first kappa shape index (κ1) is 14.6. The summed E-state index contributed by atoms with van der Waals surface area (Å²) in [6.07, 6.45) is 1.66. The number of aliphatic hydroxyl groups is 1. The Morgan fingerprint density at radius 1 is 1.47 bits per heavy atom. The molecule has 106 valence electrons. The summed E-state index contributed by atoms with van der Waals surface area (Å²) in [7, 11) is -2.27. The van der Waals surface area contributed by atoms with Crippen molar-refractivity contribution in [3.63, 3.8) is 0 Å². The van der Waals surface area contributed by atoms with E-state index in [9.17, 15) is 8.42 Å². The van der Waals surface area contributed by atoms with E-state index < -0.39 is 10.0 Å². The lowest BCUT2D eigenvalue weighted by atomic mass is 10.3. The average molecular weight is 306 g/mol. The molecule has 0 saturated heterocycles. The summed E-state index contributed by atoms with van der Waals surface area (Å²) < 4.78 is 31.6. The molecule has 1 N–H and O–H groups in total. The highest BCUT2D eigenvalue weighted by Gasteiger charge is 2.38. The molecule has 1 aliphatic carbocycles. The van der Waals surface area contributed by atoms with Crippen molar-refractivity contribution < 1.29 is 18.3 Å². The van der Waals surface area contributed by atoms with Crippen LogP contribution in [-0.2, 0) is 10.0 Å². The molecule has 19 heavy (non-hydrogen) atoms. The minimum absolute atomic E-state index is 0.0162. The van der Waals surface area contributed by atoms with Crippen LogP contribution in [0.3, 0.4) is 0 Å². The molecule has 0 aromatic heterocycles. The number of sulfonamides is 1. The molecule has 0 aliphatic heterocycles. The lowest BCUT2D eigenvalue weighted by molar-refractivity contribution is 0.250. The zero-order valence-electron chi connectivity index (χ0n) is 10.5. The number of halogens is 1. The Morgan fingerprint density at radius 2 is 2.16 bits per heavy atom. The van der Waals surface area contributed by atoms with Crippen LogP contribution in [0.5, 0.6) is 5.75 Å². The van der Waals surface area contributed by atoms with Crippen LogP contribution in [0.2, 0.25) is 5.02 Å². The number of rotatable bonds is 6. The highest BCUT2D eigenvalue weighted by molar-refractivity contribution is 7.89. The Balaban J connectivity index is 2.42. The van der Waals surface area contributed by atoms with Gasteiger partial charge in [0.1, 0.15) is 10.6 Å². The third kappa shape index (κ3) is 3.02. The van der Waals surface area contributed by atoms with E-state index in [1.54, 1.807) is 0 Å². The summed E-state index contributed by atoms with van der Waals surface area (Å²) in [6, 6.07) is 4.40. The molecule has 0 heterocycles. The van der Waals surface area contributed by atoms with Gasteiger partial charge in [0.2, 0.25) is 10.0 Å². The molecular weight excluding hydrogens is 290 g/mol. The molecule has 0 bridgehead atoms. The second-order valence-corrected chi connectivity index (χ2v) is 6.66. The van der Waals surface area contributed by atoms with Gasteiger partial charge in [0.05, 0.1) is 13.7 Å². The molecule has 7 heteroatoms. The molecule has 0 radical (unpaired) electrons. The Bertz CT molecular complexity index is 557. The topological polar surface area (TPSA) is 66.8 Å². The average Bonchev–Trinajstić information content (AvgIpc) is 3.19. The lowest BCUT2D eigenvalue weighted by Crippen LogP contribution is -2.35. The summed E-state index contributed by atoms with van der Waals surface area (Å²) in [4.78, 5) is 0.0831. The maximum absolute atomic E-state index is 12.6. The SMILES string of the molecule is COc1cc(Cl)ccc1S(=O)(=O)N(CCO)C1CC1. The predicted molar refractivity (Wildman–Crippen MR) is 72.0 cm³/mol. The third-order valence-corrected chi connectivity index (χ3v) is 5.21. The first-order valence-electron chi connectivity index (χ1n) is 5.97. The number of aliphatic hydroxyl groups excluding tert-OH is 1. The minimum Gasteiger partial charge on any atom is -0.495 e. The molecule has 5 nitrogen and oxygen atoms in total. The van der Waals surface area contributed by atoms with Crippen molar-refractivity contribution >= 4 is 21.6 Å². The van der Waals surface area contributed by atoms with E-state index in [2.05, 4.69) is 0 Å². The largest absolute Gasteiger partial charge is 0.495 e. The van der Waals surface area contributed by atoms with Gasteiger partial charge in [0.25, 0.3) is 0 Å². The molecule has 0 unspecified atom stereocenters. The van der Waals surface area contributed by atoms with Gasteiger partial charge in [-0.25, -0.2) is 8.42 Å². The fourth-order valence-electron chi connectivity index (χ4n) is 1.94. The summed E-state index contributed by atoms with van der Waals surface area (Å²) in [5.41, 5.74) is 0. The Kier molecular flexibility index (Phi) is 4.35. The van der Waals surface area contributed by atoms with Gasteiger partial charge in [-0.05, 0) is 25.0 Å². The molecule has 0 spiro atoms. The van der Waals surface area contributed by atoms with Crippen LogP contribution in [0.25, 0.3) is 0 Å². The molecule has 1 fully saturated rings. The van der Waals surface area contributed by atoms with Gasteiger partial charge in [0, 0.05) is 23.7 Å². The second kappa shape index (κ2) is 5.66. The summed E-state index contributed by atoms with van der Waals surface area (Å²) >= 11 is 5.83. The predicted octanol–water partition coefficient (Wildman–Crippen LogP) is 1.49. The normalized spacial score (nSPS) is 15.8. The number of benzene rings is 1. The standard InChI is InChI=1S/C12H16ClNO4S/c1-18-11-8-9(13)2-5-12(11)19(16,17)14(6-7-15)10-3-4-10/h2,5,8,10,15H,3-4,6-7H2,1H3. The maximum atomic E-state index is 12.6. The molecule has 2 rings (SSSR count). The summed E-state index contributed by atoms with van der Waals surface area (Å²) in [6.45, 7) is -0.107. The third-order valence-electron chi connectivity index (χ3n) is 2.99. The first-order valence-corrected chi connectivity index (χ1v) is 7.78. The van der Waals surface area contributed by atoms with Gasteiger partial charge in [-0.1, -0.05) is 11.6 Å². The molecule has 1 aliphatic rings. The maximum Gasteiger partial charge on any atom is 0.247 e. The number of ether oxygens (including phenoxy) is 1. The molecule has 0 atom stereocenters. The number of methoxy groups -OCH3 is 1. The minimum atomic E-state index is -3.67. The van der Waals surface area contributed by atoms with Crippen LogP contribution in [-0.4, -0.2) is 44.1 Å². The van der Waals surface area contributed by atoms with Gasteiger partial charge < -0.3 is 9.84 Å². The van der Waals surface area contributed by atoms with E-state index in [-0.39, 0.29) is 29.8 Å². The van der Waals surface area contributed by atoms with Crippen LogP contribution in [0.15, 0.2) is 23.1 Å².